The number of hydrogen-bond acceptors (Lipinski definition) is 3. The summed E-state index contributed by atoms with van der Waals surface area (Å²) in [5.74, 6) is 0.298. The minimum absolute atomic E-state index is 0.132. The van der Waals surface area contributed by atoms with Crippen LogP contribution in [0.1, 0.15) is 0 Å². The van der Waals surface area contributed by atoms with Crippen LogP contribution in [-0.4, -0.2) is 9.38 Å². The van der Waals surface area contributed by atoms with Gasteiger partial charge in [0.1, 0.15) is 5.58 Å². The van der Waals surface area contributed by atoms with E-state index in [1.807, 2.05) is 60.7 Å². The maximum Gasteiger partial charge on any atom is 0.310 e. The van der Waals surface area contributed by atoms with Crippen molar-refractivity contribution in [3.05, 3.63) is 82.1 Å². The molecule has 0 aliphatic carbocycles. The Kier molecular flexibility index (Phi) is 2.96. The third kappa shape index (κ3) is 2.15. The van der Waals surface area contributed by atoms with Gasteiger partial charge in [-0.3, -0.25) is 4.79 Å². The molecule has 25 heavy (non-hydrogen) atoms. The predicted molar refractivity (Wildman–Crippen MR) is 99.2 cm³/mol. The Morgan fingerprint density at radius 2 is 1.68 bits per heavy atom. The number of nitrogens with zero attached hydrogens (tertiary/aromatic N) is 2. The minimum Gasteiger partial charge on any atom is -0.424 e. The van der Waals surface area contributed by atoms with Gasteiger partial charge in [0.25, 0.3) is 5.56 Å². The summed E-state index contributed by atoms with van der Waals surface area (Å²) in [6, 6.07) is 20.6. The molecule has 2 heterocycles. The van der Waals surface area contributed by atoms with E-state index >= 15 is 0 Å². The highest BCUT2D eigenvalue weighted by Crippen LogP contribution is 2.26. The lowest BCUT2D eigenvalue weighted by Gasteiger charge is -2.04. The molecule has 0 aliphatic heterocycles. The number of hydrogen-bond donors (Lipinski definition) is 0. The number of benzene rings is 3. The monoisotopic (exact) mass is 346 g/mol. The molecule has 5 rings (SSSR count). The standard InChI is InChI=1S/C20H11ClN2O2/c21-14-8-5-12(6-9-14)13-7-10-15-18(11-13)25-20-22-16-3-1-2-4-17(16)23(20)19(15)24/h1-11H. The Bertz CT molecular complexity index is 1320. The summed E-state index contributed by atoms with van der Waals surface area (Å²) in [4.78, 5) is 17.3. The molecule has 0 atom stereocenters. The fraction of sp³-hybridized carbons (Fsp3) is 0. The highest BCUT2D eigenvalue weighted by atomic mass is 35.5. The van der Waals surface area contributed by atoms with Gasteiger partial charge >= 0.3 is 5.84 Å². The molecule has 0 bridgehead atoms. The number of rotatable bonds is 1. The van der Waals surface area contributed by atoms with Crippen molar-refractivity contribution in [2.24, 2.45) is 0 Å². The highest BCUT2D eigenvalue weighted by molar-refractivity contribution is 6.30. The van der Waals surface area contributed by atoms with E-state index in [0.29, 0.717) is 21.8 Å². The van der Waals surface area contributed by atoms with Crippen LogP contribution in [0.4, 0.5) is 0 Å². The van der Waals surface area contributed by atoms with E-state index in [9.17, 15) is 4.79 Å². The second kappa shape index (κ2) is 5.19. The van der Waals surface area contributed by atoms with Gasteiger partial charge in [-0.05, 0) is 47.5 Å². The summed E-state index contributed by atoms with van der Waals surface area (Å²) in [6.45, 7) is 0. The number of fused-ring (bicyclic) bond motifs is 4. The zero-order valence-electron chi connectivity index (χ0n) is 12.9. The van der Waals surface area contributed by atoms with Crippen LogP contribution in [-0.2, 0) is 0 Å². The van der Waals surface area contributed by atoms with Crippen LogP contribution in [0, 0.1) is 0 Å². The van der Waals surface area contributed by atoms with Crippen LogP contribution < -0.4 is 5.56 Å². The molecule has 0 aliphatic rings. The molecule has 0 amide bonds. The zero-order valence-corrected chi connectivity index (χ0v) is 13.7. The lowest BCUT2D eigenvalue weighted by molar-refractivity contribution is 0.617. The highest BCUT2D eigenvalue weighted by Gasteiger charge is 2.13. The average molecular weight is 347 g/mol. The van der Waals surface area contributed by atoms with E-state index in [4.69, 9.17) is 16.0 Å². The maximum absolute atomic E-state index is 12.9. The van der Waals surface area contributed by atoms with Gasteiger partial charge in [-0.1, -0.05) is 41.9 Å². The third-order valence-electron chi connectivity index (χ3n) is 4.32. The predicted octanol–water partition coefficient (Wildman–Crippen LogP) is 4.91. The van der Waals surface area contributed by atoms with Crippen molar-refractivity contribution in [1.29, 1.82) is 0 Å². The van der Waals surface area contributed by atoms with Crippen molar-refractivity contribution in [3.63, 3.8) is 0 Å². The summed E-state index contributed by atoms with van der Waals surface area (Å²) in [7, 11) is 0. The summed E-state index contributed by atoms with van der Waals surface area (Å²) >= 11 is 5.95. The fourth-order valence-electron chi connectivity index (χ4n) is 3.09. The summed E-state index contributed by atoms with van der Waals surface area (Å²) < 4.78 is 7.44. The van der Waals surface area contributed by atoms with Crippen molar-refractivity contribution in [2.45, 2.75) is 0 Å². The van der Waals surface area contributed by atoms with Crippen molar-refractivity contribution >= 4 is 39.4 Å². The van der Waals surface area contributed by atoms with Gasteiger partial charge in [-0.15, -0.1) is 0 Å². The number of halogens is 1. The van der Waals surface area contributed by atoms with Gasteiger partial charge in [0.2, 0.25) is 0 Å². The lowest BCUT2D eigenvalue weighted by Crippen LogP contribution is -2.12. The molecule has 3 aromatic carbocycles. The van der Waals surface area contributed by atoms with Gasteiger partial charge < -0.3 is 4.42 Å². The molecule has 5 heteroatoms. The smallest absolute Gasteiger partial charge is 0.310 e. The Morgan fingerprint density at radius 3 is 2.52 bits per heavy atom. The topological polar surface area (TPSA) is 47.5 Å². The first-order valence-electron chi connectivity index (χ1n) is 7.81. The first-order valence-corrected chi connectivity index (χ1v) is 8.18. The van der Waals surface area contributed by atoms with Gasteiger partial charge in [0, 0.05) is 5.02 Å². The van der Waals surface area contributed by atoms with Crippen molar-refractivity contribution in [1.82, 2.24) is 9.38 Å². The lowest BCUT2D eigenvalue weighted by atomic mass is 10.0. The molecule has 4 nitrogen and oxygen atoms in total. The van der Waals surface area contributed by atoms with Gasteiger partial charge in [0.15, 0.2) is 0 Å². The molecule has 0 saturated heterocycles. The van der Waals surface area contributed by atoms with Gasteiger partial charge in [-0.25, -0.2) is 4.40 Å². The Morgan fingerprint density at radius 1 is 0.920 bits per heavy atom. The molecule has 0 radical (unpaired) electrons. The number of imidazole rings is 1. The van der Waals surface area contributed by atoms with Crippen LogP contribution in [0.15, 0.2) is 75.9 Å². The molecule has 5 aromatic rings. The van der Waals surface area contributed by atoms with Crippen molar-refractivity contribution < 1.29 is 4.42 Å². The molecule has 0 spiro atoms. The molecule has 0 fully saturated rings. The normalized spacial score (nSPS) is 11.6. The second-order valence-corrected chi connectivity index (χ2v) is 6.28. The summed E-state index contributed by atoms with van der Waals surface area (Å²) in [5.41, 5.74) is 3.81. The number of aromatic nitrogens is 2. The van der Waals surface area contributed by atoms with E-state index in [1.165, 1.54) is 4.40 Å². The van der Waals surface area contributed by atoms with E-state index < -0.39 is 0 Å². The Labute approximate surface area is 146 Å². The Hall–Kier alpha value is -3.11. The van der Waals surface area contributed by atoms with Crippen LogP contribution in [0.5, 0.6) is 0 Å². The van der Waals surface area contributed by atoms with Gasteiger partial charge in [-0.2, -0.15) is 4.98 Å². The van der Waals surface area contributed by atoms with E-state index in [0.717, 1.165) is 22.2 Å². The van der Waals surface area contributed by atoms with Crippen LogP contribution >= 0.6 is 11.6 Å². The largest absolute Gasteiger partial charge is 0.424 e. The second-order valence-electron chi connectivity index (χ2n) is 5.84. The molecule has 0 unspecified atom stereocenters. The molecule has 2 aromatic heterocycles. The molecule has 0 saturated carbocycles. The fourth-order valence-corrected chi connectivity index (χ4v) is 3.22. The summed E-state index contributed by atoms with van der Waals surface area (Å²) in [6.07, 6.45) is 0. The zero-order chi connectivity index (χ0) is 17.0. The van der Waals surface area contributed by atoms with E-state index in [-0.39, 0.29) is 5.56 Å². The first kappa shape index (κ1) is 14.3. The minimum atomic E-state index is -0.132. The maximum atomic E-state index is 12.9. The van der Waals surface area contributed by atoms with Crippen LogP contribution in [0.25, 0.3) is 39.0 Å². The number of para-hydroxylation sites is 2. The summed E-state index contributed by atoms with van der Waals surface area (Å²) in [5, 5.41) is 1.20. The molecular weight excluding hydrogens is 336 g/mol. The molecular formula is C20H11ClN2O2. The average Bonchev–Trinajstić information content (AvgIpc) is 3.00. The first-order chi connectivity index (χ1) is 12.2. The van der Waals surface area contributed by atoms with Gasteiger partial charge in [0.05, 0.1) is 16.4 Å². The molecule has 120 valence electrons. The van der Waals surface area contributed by atoms with E-state index in [2.05, 4.69) is 4.98 Å². The Balaban J connectivity index is 1.82. The van der Waals surface area contributed by atoms with Crippen molar-refractivity contribution in [3.8, 4) is 11.1 Å². The van der Waals surface area contributed by atoms with Crippen LogP contribution in [0.2, 0.25) is 5.02 Å². The van der Waals surface area contributed by atoms with Crippen LogP contribution in [0.3, 0.4) is 0 Å². The van der Waals surface area contributed by atoms with Crippen molar-refractivity contribution in [2.75, 3.05) is 0 Å². The third-order valence-corrected chi connectivity index (χ3v) is 4.58. The van der Waals surface area contributed by atoms with E-state index in [1.54, 1.807) is 6.07 Å². The quantitative estimate of drug-likeness (QED) is 0.433. The SMILES string of the molecule is O=c1c2ccc(-c3ccc(Cl)cc3)cc2oc2nc3ccccc3n12. The molecule has 0 N–H and O–H groups in total.